The second-order valence-corrected chi connectivity index (χ2v) is 10.3. The van der Waals surface area contributed by atoms with E-state index in [1.165, 1.54) is 24.2 Å². The van der Waals surface area contributed by atoms with Crippen LogP contribution in [0, 0.1) is 0 Å². The predicted molar refractivity (Wildman–Crippen MR) is 128 cm³/mol. The van der Waals surface area contributed by atoms with E-state index in [2.05, 4.69) is 23.9 Å². The lowest BCUT2D eigenvalue weighted by Gasteiger charge is -2.36. The summed E-state index contributed by atoms with van der Waals surface area (Å²) in [4.78, 5) is 20.9. The number of hydrogen-bond acceptors (Lipinski definition) is 6. The molecule has 2 aromatic heterocycles. The van der Waals surface area contributed by atoms with Gasteiger partial charge in [0, 0.05) is 17.0 Å². The maximum Gasteiger partial charge on any atom is 0.275 e. The molecule has 2 bridgehead atoms. The molecule has 170 valence electrons. The van der Waals surface area contributed by atoms with E-state index >= 15 is 0 Å². The first-order valence-electron chi connectivity index (χ1n) is 11.7. The summed E-state index contributed by atoms with van der Waals surface area (Å²) in [5, 5.41) is 10.4. The molecule has 7 heteroatoms. The first-order valence-corrected chi connectivity index (χ1v) is 12.5. The van der Waals surface area contributed by atoms with E-state index in [1.807, 2.05) is 30.3 Å². The molecule has 32 heavy (non-hydrogen) atoms. The lowest BCUT2D eigenvalue weighted by Crippen LogP contribution is -2.43. The van der Waals surface area contributed by atoms with E-state index in [-0.39, 0.29) is 11.7 Å². The van der Waals surface area contributed by atoms with E-state index in [1.54, 1.807) is 10.9 Å². The standard InChI is InChI=1S/C25H31N3O3S/c1-3-4-5-22(29)23-14-21-24(32-23)25(30)28(15-26-21)16-8-10-19(11-9-16)31-20-12-17-6-7-18(13-20)27(17)2/h8-11,14-15,17-18,20,22,29H,3-7,12-13H2,1-2H3/t17-,18+,20?,22?. The summed E-state index contributed by atoms with van der Waals surface area (Å²) >= 11 is 1.35. The van der Waals surface area contributed by atoms with Crippen molar-refractivity contribution in [2.75, 3.05) is 7.05 Å². The molecule has 6 nitrogen and oxygen atoms in total. The van der Waals surface area contributed by atoms with Gasteiger partial charge in [0.05, 0.1) is 17.3 Å². The average Bonchev–Trinajstić information content (AvgIpc) is 3.31. The minimum absolute atomic E-state index is 0.102. The molecule has 1 aromatic carbocycles. The van der Waals surface area contributed by atoms with Gasteiger partial charge in [-0.1, -0.05) is 19.8 Å². The fourth-order valence-electron chi connectivity index (χ4n) is 5.15. The fraction of sp³-hybridized carbons (Fsp3) is 0.520. The first-order chi connectivity index (χ1) is 15.5. The molecule has 2 aliphatic heterocycles. The number of unbranched alkanes of at least 4 members (excludes halogenated alkanes) is 1. The van der Waals surface area contributed by atoms with E-state index < -0.39 is 6.10 Å². The largest absolute Gasteiger partial charge is 0.490 e. The third kappa shape index (κ3) is 4.09. The van der Waals surface area contributed by atoms with Crippen molar-refractivity contribution in [1.82, 2.24) is 14.5 Å². The molecule has 2 saturated heterocycles. The van der Waals surface area contributed by atoms with Gasteiger partial charge in [0.25, 0.3) is 5.56 Å². The summed E-state index contributed by atoms with van der Waals surface area (Å²) in [6.45, 7) is 2.10. The third-order valence-corrected chi connectivity index (χ3v) is 8.30. The quantitative estimate of drug-likeness (QED) is 0.563. The highest BCUT2D eigenvalue weighted by Gasteiger charge is 2.39. The minimum atomic E-state index is -0.534. The van der Waals surface area contributed by atoms with Crippen LogP contribution < -0.4 is 10.3 Å². The Morgan fingerprint density at radius 1 is 1.22 bits per heavy atom. The Labute approximate surface area is 192 Å². The molecule has 0 amide bonds. The van der Waals surface area contributed by atoms with Crippen LogP contribution in [0.25, 0.3) is 15.9 Å². The molecule has 0 saturated carbocycles. The van der Waals surface area contributed by atoms with E-state index in [0.29, 0.717) is 28.7 Å². The number of thiophene rings is 1. The molecule has 0 aliphatic carbocycles. The summed E-state index contributed by atoms with van der Waals surface area (Å²) in [6.07, 6.45) is 8.72. The number of fused-ring (bicyclic) bond motifs is 3. The van der Waals surface area contributed by atoms with Gasteiger partial charge in [-0.3, -0.25) is 9.36 Å². The molecule has 4 heterocycles. The number of aliphatic hydroxyl groups is 1. The molecule has 0 spiro atoms. The molecule has 2 aliphatic rings. The molecule has 2 fully saturated rings. The Bertz CT molecular complexity index is 1130. The van der Waals surface area contributed by atoms with Crippen molar-refractivity contribution in [3.63, 3.8) is 0 Å². The van der Waals surface area contributed by atoms with Crippen LogP contribution in [0.4, 0.5) is 0 Å². The highest BCUT2D eigenvalue weighted by molar-refractivity contribution is 7.19. The van der Waals surface area contributed by atoms with Crippen molar-refractivity contribution in [2.45, 2.75) is 76.2 Å². The summed E-state index contributed by atoms with van der Waals surface area (Å²) in [5.74, 6) is 0.849. The van der Waals surface area contributed by atoms with Gasteiger partial charge in [-0.2, -0.15) is 0 Å². The van der Waals surface area contributed by atoms with Crippen molar-refractivity contribution >= 4 is 21.6 Å². The zero-order valence-corrected chi connectivity index (χ0v) is 19.6. The van der Waals surface area contributed by atoms with Crippen molar-refractivity contribution < 1.29 is 9.84 Å². The Hall–Kier alpha value is -2.22. The summed E-state index contributed by atoms with van der Waals surface area (Å²) < 4.78 is 8.44. The van der Waals surface area contributed by atoms with Gasteiger partial charge in [-0.05, 0) is 69.5 Å². The Morgan fingerprint density at radius 2 is 1.94 bits per heavy atom. The summed E-state index contributed by atoms with van der Waals surface area (Å²) in [5.41, 5.74) is 1.31. The zero-order valence-electron chi connectivity index (χ0n) is 18.7. The van der Waals surface area contributed by atoms with Crippen LogP contribution in [0.5, 0.6) is 5.75 Å². The van der Waals surface area contributed by atoms with Crippen LogP contribution in [-0.4, -0.2) is 44.8 Å². The SMILES string of the molecule is CCCCC(O)c1cc2ncn(-c3ccc(OC4C[C@H]5CC[C@@H](C4)N5C)cc3)c(=O)c2s1. The minimum Gasteiger partial charge on any atom is -0.490 e. The number of aromatic nitrogens is 2. The smallest absolute Gasteiger partial charge is 0.275 e. The number of aliphatic hydroxyl groups excluding tert-OH is 1. The molecule has 2 unspecified atom stereocenters. The van der Waals surface area contributed by atoms with E-state index in [9.17, 15) is 9.90 Å². The Balaban J connectivity index is 1.33. The average molecular weight is 454 g/mol. The zero-order chi connectivity index (χ0) is 22.2. The van der Waals surface area contributed by atoms with Gasteiger partial charge in [0.2, 0.25) is 0 Å². The van der Waals surface area contributed by atoms with Crippen molar-refractivity contribution in [1.29, 1.82) is 0 Å². The highest BCUT2D eigenvalue weighted by atomic mass is 32.1. The lowest BCUT2D eigenvalue weighted by atomic mass is 10.0. The lowest BCUT2D eigenvalue weighted by molar-refractivity contribution is 0.0662. The number of hydrogen-bond donors (Lipinski definition) is 1. The number of ether oxygens (including phenoxy) is 1. The maximum absolute atomic E-state index is 13.1. The third-order valence-electron chi connectivity index (χ3n) is 7.09. The van der Waals surface area contributed by atoms with Gasteiger partial charge in [0.15, 0.2) is 0 Å². The van der Waals surface area contributed by atoms with Gasteiger partial charge < -0.3 is 14.7 Å². The van der Waals surface area contributed by atoms with Gasteiger partial charge >= 0.3 is 0 Å². The van der Waals surface area contributed by atoms with Crippen LogP contribution in [0.3, 0.4) is 0 Å². The predicted octanol–water partition coefficient (Wildman–Crippen LogP) is 4.67. The second-order valence-electron chi connectivity index (χ2n) is 9.20. The molecule has 1 N–H and O–H groups in total. The second kappa shape index (κ2) is 8.96. The topological polar surface area (TPSA) is 67.6 Å². The van der Waals surface area contributed by atoms with Crippen molar-refractivity contribution in [2.24, 2.45) is 0 Å². The monoisotopic (exact) mass is 453 g/mol. The first kappa shape index (κ1) is 21.6. The fourth-order valence-corrected chi connectivity index (χ4v) is 6.22. The van der Waals surface area contributed by atoms with Gasteiger partial charge in [-0.25, -0.2) is 4.98 Å². The summed E-state index contributed by atoms with van der Waals surface area (Å²) in [6, 6.07) is 10.9. The number of benzene rings is 1. The van der Waals surface area contributed by atoms with Crippen LogP contribution in [-0.2, 0) is 0 Å². The normalized spacial score (nSPS) is 24.2. The van der Waals surface area contributed by atoms with Crippen LogP contribution in [0.15, 0.2) is 41.5 Å². The van der Waals surface area contributed by atoms with Gasteiger partial charge in [0.1, 0.15) is 22.9 Å². The van der Waals surface area contributed by atoms with Crippen LogP contribution in [0.2, 0.25) is 0 Å². The van der Waals surface area contributed by atoms with Gasteiger partial charge in [-0.15, -0.1) is 11.3 Å². The number of nitrogens with zero attached hydrogens (tertiary/aromatic N) is 3. The van der Waals surface area contributed by atoms with Crippen molar-refractivity contribution in [3.05, 3.63) is 51.9 Å². The van der Waals surface area contributed by atoms with Crippen LogP contribution in [0.1, 0.15) is 62.9 Å². The molecule has 4 atom stereocenters. The molecule has 3 aromatic rings. The Kier molecular flexibility index (Phi) is 6.05. The molecule has 0 radical (unpaired) electrons. The molecular weight excluding hydrogens is 422 g/mol. The van der Waals surface area contributed by atoms with E-state index in [4.69, 9.17) is 4.74 Å². The maximum atomic E-state index is 13.1. The highest BCUT2D eigenvalue weighted by Crippen LogP contribution is 2.36. The number of piperidine rings is 1. The summed E-state index contributed by atoms with van der Waals surface area (Å²) in [7, 11) is 2.23. The number of rotatable bonds is 7. The van der Waals surface area contributed by atoms with Crippen LogP contribution >= 0.6 is 11.3 Å². The van der Waals surface area contributed by atoms with Crippen molar-refractivity contribution in [3.8, 4) is 11.4 Å². The molecular formula is C25H31N3O3S. The Morgan fingerprint density at radius 3 is 2.62 bits per heavy atom. The molecule has 5 rings (SSSR count). The van der Waals surface area contributed by atoms with E-state index in [0.717, 1.165) is 42.0 Å².